The second kappa shape index (κ2) is 9.74. The van der Waals surface area contributed by atoms with Gasteiger partial charge in [0.05, 0.1) is 41.8 Å². The SMILES string of the molecule is N#Cc1ccc(-c2cc(C(F)(F)F)cc(COCC3(c4ccccc4)CCNCC3)n2)cc1. The predicted octanol–water partition coefficient (Wildman–Crippen LogP) is 5.48. The number of pyridine rings is 1. The number of ether oxygens (including phenoxy) is 1. The van der Waals surface area contributed by atoms with E-state index in [4.69, 9.17) is 10.00 Å². The summed E-state index contributed by atoms with van der Waals surface area (Å²) in [6, 6.07) is 20.5. The zero-order valence-electron chi connectivity index (χ0n) is 18.0. The fraction of sp³-hybridized carbons (Fsp3) is 0.308. The maximum absolute atomic E-state index is 13.6. The van der Waals surface area contributed by atoms with Gasteiger partial charge in [0.15, 0.2) is 0 Å². The maximum Gasteiger partial charge on any atom is 0.416 e. The van der Waals surface area contributed by atoms with Crippen LogP contribution in [0.25, 0.3) is 11.3 Å². The number of nitrogens with zero attached hydrogens (tertiary/aromatic N) is 2. The van der Waals surface area contributed by atoms with Gasteiger partial charge in [-0.05, 0) is 55.8 Å². The van der Waals surface area contributed by atoms with Gasteiger partial charge in [0.25, 0.3) is 0 Å². The van der Waals surface area contributed by atoms with Crippen molar-refractivity contribution < 1.29 is 17.9 Å². The van der Waals surface area contributed by atoms with Crippen molar-refractivity contribution >= 4 is 0 Å². The monoisotopic (exact) mass is 451 g/mol. The van der Waals surface area contributed by atoms with E-state index in [1.165, 1.54) is 5.56 Å². The molecule has 0 atom stereocenters. The third-order valence-corrected chi connectivity index (χ3v) is 6.09. The molecule has 0 radical (unpaired) electrons. The second-order valence-corrected chi connectivity index (χ2v) is 8.31. The Bertz CT molecular complexity index is 1120. The Morgan fingerprint density at radius 3 is 2.33 bits per heavy atom. The molecule has 2 heterocycles. The summed E-state index contributed by atoms with van der Waals surface area (Å²) >= 11 is 0. The molecule has 1 fully saturated rings. The van der Waals surface area contributed by atoms with Crippen molar-refractivity contribution in [2.45, 2.75) is 31.0 Å². The normalized spacial score (nSPS) is 15.7. The van der Waals surface area contributed by atoms with E-state index in [1.54, 1.807) is 24.3 Å². The quantitative estimate of drug-likeness (QED) is 0.539. The highest BCUT2D eigenvalue weighted by atomic mass is 19.4. The van der Waals surface area contributed by atoms with Crippen molar-refractivity contribution in [3.8, 4) is 17.3 Å². The maximum atomic E-state index is 13.6. The standard InChI is InChI=1S/C26H24F3N3O/c27-26(28,29)22-14-23(32-24(15-22)20-8-6-19(16-30)7-9-20)17-33-18-25(10-12-31-13-11-25)21-4-2-1-3-5-21/h1-9,14-15,31H,10-13,17-18H2. The number of halogens is 3. The lowest BCUT2D eigenvalue weighted by molar-refractivity contribution is -0.137. The Labute approximate surface area is 191 Å². The minimum absolute atomic E-state index is 0.0186. The molecule has 0 bridgehead atoms. The molecule has 3 aromatic rings. The van der Waals surface area contributed by atoms with Crippen molar-refractivity contribution in [3.63, 3.8) is 0 Å². The first-order valence-corrected chi connectivity index (χ1v) is 10.8. The Hall–Kier alpha value is -3.21. The van der Waals surface area contributed by atoms with Gasteiger partial charge in [-0.2, -0.15) is 18.4 Å². The lowest BCUT2D eigenvalue weighted by Crippen LogP contribution is -2.43. The van der Waals surface area contributed by atoms with E-state index in [2.05, 4.69) is 22.4 Å². The molecule has 0 saturated carbocycles. The number of hydrogen-bond acceptors (Lipinski definition) is 4. The van der Waals surface area contributed by atoms with E-state index in [9.17, 15) is 13.2 Å². The zero-order chi connectivity index (χ0) is 23.3. The van der Waals surface area contributed by atoms with Gasteiger partial charge in [-0.3, -0.25) is 4.98 Å². The third-order valence-electron chi connectivity index (χ3n) is 6.09. The highest BCUT2D eigenvalue weighted by Crippen LogP contribution is 2.35. The summed E-state index contributed by atoms with van der Waals surface area (Å²) in [5, 5.41) is 12.3. The second-order valence-electron chi connectivity index (χ2n) is 8.31. The molecule has 0 unspecified atom stereocenters. The molecule has 0 amide bonds. The largest absolute Gasteiger partial charge is 0.416 e. The first-order valence-electron chi connectivity index (χ1n) is 10.8. The van der Waals surface area contributed by atoms with Crippen molar-refractivity contribution in [2.24, 2.45) is 0 Å². The minimum Gasteiger partial charge on any atom is -0.374 e. The summed E-state index contributed by atoms with van der Waals surface area (Å²) in [7, 11) is 0. The Morgan fingerprint density at radius 1 is 1.00 bits per heavy atom. The van der Waals surface area contributed by atoms with E-state index in [-0.39, 0.29) is 23.4 Å². The minimum atomic E-state index is -4.50. The van der Waals surface area contributed by atoms with Gasteiger partial charge in [-0.1, -0.05) is 42.5 Å². The van der Waals surface area contributed by atoms with E-state index in [1.807, 2.05) is 24.3 Å². The average molecular weight is 451 g/mol. The Morgan fingerprint density at radius 2 is 1.70 bits per heavy atom. The molecule has 170 valence electrons. The molecule has 4 nitrogen and oxygen atoms in total. The number of nitrogens with one attached hydrogen (secondary N) is 1. The summed E-state index contributed by atoms with van der Waals surface area (Å²) in [4.78, 5) is 4.43. The number of rotatable bonds is 6. The number of piperidine rings is 1. The summed E-state index contributed by atoms with van der Waals surface area (Å²) < 4.78 is 46.7. The van der Waals surface area contributed by atoms with Crippen molar-refractivity contribution in [3.05, 3.63) is 89.1 Å². The lowest BCUT2D eigenvalue weighted by Gasteiger charge is -2.38. The van der Waals surface area contributed by atoms with Crippen LogP contribution in [0.1, 0.15) is 35.2 Å². The number of aromatic nitrogens is 1. The summed E-state index contributed by atoms with van der Waals surface area (Å²) in [5.41, 5.74) is 1.61. The topological polar surface area (TPSA) is 57.9 Å². The molecular formula is C26H24F3N3O. The van der Waals surface area contributed by atoms with Crippen LogP contribution in [-0.4, -0.2) is 24.7 Å². The van der Waals surface area contributed by atoms with E-state index in [0.29, 0.717) is 17.7 Å². The summed E-state index contributed by atoms with van der Waals surface area (Å²) in [6.45, 7) is 2.11. The smallest absolute Gasteiger partial charge is 0.374 e. The van der Waals surface area contributed by atoms with Crippen LogP contribution in [0.5, 0.6) is 0 Å². The molecule has 1 aromatic heterocycles. The number of hydrogen-bond donors (Lipinski definition) is 1. The molecule has 0 spiro atoms. The molecule has 2 aromatic carbocycles. The molecule has 7 heteroatoms. The van der Waals surface area contributed by atoms with E-state index < -0.39 is 11.7 Å². The Balaban J connectivity index is 1.57. The number of benzene rings is 2. The van der Waals surface area contributed by atoms with Gasteiger partial charge in [-0.25, -0.2) is 0 Å². The van der Waals surface area contributed by atoms with Crippen LogP contribution in [0.3, 0.4) is 0 Å². The molecule has 1 N–H and O–H groups in total. The van der Waals surface area contributed by atoms with Crippen molar-refractivity contribution in [1.82, 2.24) is 10.3 Å². The first kappa shape index (κ1) is 23.0. The number of nitriles is 1. The number of alkyl halides is 3. The van der Waals surface area contributed by atoms with Crippen LogP contribution in [0.2, 0.25) is 0 Å². The van der Waals surface area contributed by atoms with Crippen molar-refractivity contribution in [2.75, 3.05) is 19.7 Å². The van der Waals surface area contributed by atoms with Gasteiger partial charge in [-0.15, -0.1) is 0 Å². The summed E-state index contributed by atoms with van der Waals surface area (Å²) in [5.74, 6) is 0. The van der Waals surface area contributed by atoms with Gasteiger partial charge >= 0.3 is 6.18 Å². The van der Waals surface area contributed by atoms with E-state index >= 15 is 0 Å². The Kier molecular flexibility index (Phi) is 6.77. The predicted molar refractivity (Wildman–Crippen MR) is 119 cm³/mol. The lowest BCUT2D eigenvalue weighted by atomic mass is 9.74. The van der Waals surface area contributed by atoms with Gasteiger partial charge in [0.2, 0.25) is 0 Å². The van der Waals surface area contributed by atoms with Crippen LogP contribution >= 0.6 is 0 Å². The highest BCUT2D eigenvalue weighted by Gasteiger charge is 2.35. The zero-order valence-corrected chi connectivity index (χ0v) is 18.0. The molecule has 0 aliphatic carbocycles. The molecule has 1 aliphatic rings. The molecule has 4 rings (SSSR count). The van der Waals surface area contributed by atoms with Crippen LogP contribution in [-0.2, 0) is 22.9 Å². The van der Waals surface area contributed by atoms with Gasteiger partial charge in [0, 0.05) is 11.0 Å². The van der Waals surface area contributed by atoms with Gasteiger partial charge in [0.1, 0.15) is 0 Å². The van der Waals surface area contributed by atoms with Crippen LogP contribution in [0.4, 0.5) is 13.2 Å². The van der Waals surface area contributed by atoms with Gasteiger partial charge < -0.3 is 10.1 Å². The first-order chi connectivity index (χ1) is 15.9. The van der Waals surface area contributed by atoms with Crippen LogP contribution in [0, 0.1) is 11.3 Å². The summed E-state index contributed by atoms with van der Waals surface area (Å²) in [6.07, 6.45) is -2.72. The fourth-order valence-corrected chi connectivity index (χ4v) is 4.25. The molecular weight excluding hydrogens is 427 g/mol. The highest BCUT2D eigenvalue weighted by molar-refractivity contribution is 5.61. The third kappa shape index (κ3) is 5.41. The molecule has 1 aliphatic heterocycles. The fourth-order valence-electron chi connectivity index (χ4n) is 4.25. The van der Waals surface area contributed by atoms with Crippen molar-refractivity contribution in [1.29, 1.82) is 5.26 Å². The molecule has 1 saturated heterocycles. The van der Waals surface area contributed by atoms with E-state index in [0.717, 1.165) is 38.1 Å². The van der Waals surface area contributed by atoms with Crippen LogP contribution < -0.4 is 5.32 Å². The van der Waals surface area contributed by atoms with Crippen LogP contribution in [0.15, 0.2) is 66.7 Å². The molecule has 33 heavy (non-hydrogen) atoms. The average Bonchev–Trinajstić information content (AvgIpc) is 2.84.